The molecule has 1 aromatic rings. The van der Waals surface area contributed by atoms with Crippen molar-refractivity contribution < 1.29 is 15.0 Å². The van der Waals surface area contributed by atoms with Crippen molar-refractivity contribution in [1.82, 2.24) is 9.80 Å². The Balaban J connectivity index is 1.90. The van der Waals surface area contributed by atoms with Crippen LogP contribution in [0.3, 0.4) is 0 Å². The zero-order chi connectivity index (χ0) is 15.3. The molecular formula is C16H24N2O3. The highest BCUT2D eigenvalue weighted by Crippen LogP contribution is 2.25. The van der Waals surface area contributed by atoms with E-state index in [0.717, 1.165) is 18.7 Å². The smallest absolute Gasteiger partial charge is 0.225 e. The van der Waals surface area contributed by atoms with Crippen LogP contribution in [-0.2, 0) is 10.4 Å². The van der Waals surface area contributed by atoms with Gasteiger partial charge in [-0.2, -0.15) is 0 Å². The van der Waals surface area contributed by atoms with Gasteiger partial charge in [-0.3, -0.25) is 9.69 Å². The standard InChI is InChI=1S/C16H24N2O3/c1-16(21,14-5-3-2-4-6-14)13-15(20)18-9-7-17(8-10-18)11-12-19/h2-6,19,21H,7-13H2,1H3. The Morgan fingerprint density at radius 1 is 1.19 bits per heavy atom. The fourth-order valence-electron chi connectivity index (χ4n) is 2.67. The van der Waals surface area contributed by atoms with Crippen molar-refractivity contribution >= 4 is 5.91 Å². The molecule has 1 heterocycles. The maximum Gasteiger partial charge on any atom is 0.225 e. The molecule has 1 aliphatic heterocycles. The molecule has 0 spiro atoms. The maximum atomic E-state index is 12.3. The van der Waals surface area contributed by atoms with Crippen molar-refractivity contribution in [3.63, 3.8) is 0 Å². The highest BCUT2D eigenvalue weighted by Gasteiger charge is 2.30. The maximum absolute atomic E-state index is 12.3. The van der Waals surface area contributed by atoms with E-state index in [1.54, 1.807) is 11.8 Å². The van der Waals surface area contributed by atoms with Gasteiger partial charge in [-0.1, -0.05) is 30.3 Å². The normalized spacial score (nSPS) is 19.3. The number of carbonyl (C=O) groups is 1. The van der Waals surface area contributed by atoms with Gasteiger partial charge < -0.3 is 15.1 Å². The number of hydrogen-bond acceptors (Lipinski definition) is 4. The van der Waals surface area contributed by atoms with E-state index < -0.39 is 5.60 Å². The molecule has 1 saturated heterocycles. The second-order valence-electron chi connectivity index (χ2n) is 5.76. The zero-order valence-electron chi connectivity index (χ0n) is 12.5. The van der Waals surface area contributed by atoms with E-state index in [2.05, 4.69) is 4.90 Å². The van der Waals surface area contributed by atoms with Gasteiger partial charge in [-0.25, -0.2) is 0 Å². The fraction of sp³-hybridized carbons (Fsp3) is 0.562. The average molecular weight is 292 g/mol. The number of aliphatic hydroxyl groups is 2. The Bertz CT molecular complexity index is 454. The van der Waals surface area contributed by atoms with E-state index in [1.807, 2.05) is 30.3 Å². The summed E-state index contributed by atoms with van der Waals surface area (Å²) in [5.41, 5.74) is -0.377. The number of β-amino-alcohol motifs (C(OH)–C–C–N with tert-alkyl or cyclic N) is 1. The molecule has 0 bridgehead atoms. The highest BCUT2D eigenvalue weighted by atomic mass is 16.3. The van der Waals surface area contributed by atoms with Crippen molar-refractivity contribution in [1.29, 1.82) is 0 Å². The summed E-state index contributed by atoms with van der Waals surface area (Å²) in [5, 5.41) is 19.4. The summed E-state index contributed by atoms with van der Waals surface area (Å²) in [5.74, 6) is -0.0208. The van der Waals surface area contributed by atoms with Crippen LogP contribution in [0.25, 0.3) is 0 Å². The first kappa shape index (κ1) is 15.9. The molecule has 116 valence electrons. The summed E-state index contributed by atoms with van der Waals surface area (Å²) < 4.78 is 0. The van der Waals surface area contributed by atoms with Crippen LogP contribution >= 0.6 is 0 Å². The number of hydrogen-bond donors (Lipinski definition) is 2. The molecule has 21 heavy (non-hydrogen) atoms. The third-order valence-electron chi connectivity index (χ3n) is 4.03. The van der Waals surface area contributed by atoms with Gasteiger partial charge in [0.05, 0.1) is 18.6 Å². The monoisotopic (exact) mass is 292 g/mol. The number of nitrogens with zero attached hydrogens (tertiary/aromatic N) is 2. The summed E-state index contributed by atoms with van der Waals surface area (Å²) in [7, 11) is 0. The molecule has 1 amide bonds. The second-order valence-corrected chi connectivity index (χ2v) is 5.76. The highest BCUT2D eigenvalue weighted by molar-refractivity contribution is 5.77. The van der Waals surface area contributed by atoms with E-state index in [-0.39, 0.29) is 18.9 Å². The van der Waals surface area contributed by atoms with Crippen molar-refractivity contribution in [2.24, 2.45) is 0 Å². The van der Waals surface area contributed by atoms with E-state index in [9.17, 15) is 9.90 Å². The molecule has 5 heteroatoms. The molecule has 2 rings (SSSR count). The Hall–Kier alpha value is -1.43. The Morgan fingerprint density at radius 2 is 1.81 bits per heavy atom. The number of amides is 1. The van der Waals surface area contributed by atoms with Gasteiger partial charge in [0, 0.05) is 32.7 Å². The lowest BCUT2D eigenvalue weighted by atomic mass is 9.92. The van der Waals surface area contributed by atoms with Crippen molar-refractivity contribution in [2.45, 2.75) is 18.9 Å². The number of benzene rings is 1. The van der Waals surface area contributed by atoms with Gasteiger partial charge in [-0.05, 0) is 12.5 Å². The lowest BCUT2D eigenvalue weighted by molar-refractivity contribution is -0.138. The number of aliphatic hydroxyl groups excluding tert-OH is 1. The molecule has 2 N–H and O–H groups in total. The van der Waals surface area contributed by atoms with Crippen LogP contribution in [0, 0.1) is 0 Å². The summed E-state index contributed by atoms with van der Waals surface area (Å²) in [6.07, 6.45) is 0.0943. The largest absolute Gasteiger partial charge is 0.395 e. The van der Waals surface area contributed by atoms with Gasteiger partial charge in [0.15, 0.2) is 0 Å². The average Bonchev–Trinajstić information content (AvgIpc) is 2.49. The predicted octanol–water partition coefficient (Wildman–Crippen LogP) is 0.421. The first-order valence-corrected chi connectivity index (χ1v) is 7.42. The lowest BCUT2D eigenvalue weighted by Gasteiger charge is -2.36. The van der Waals surface area contributed by atoms with E-state index in [1.165, 1.54) is 0 Å². The summed E-state index contributed by atoms with van der Waals surface area (Å²) in [6.45, 7) is 5.36. The van der Waals surface area contributed by atoms with Gasteiger partial charge in [0.1, 0.15) is 0 Å². The number of rotatable bonds is 5. The summed E-state index contributed by atoms with van der Waals surface area (Å²) >= 11 is 0. The van der Waals surface area contributed by atoms with Crippen LogP contribution in [0.1, 0.15) is 18.9 Å². The minimum atomic E-state index is -1.14. The van der Waals surface area contributed by atoms with Crippen molar-refractivity contribution in [2.75, 3.05) is 39.3 Å². The van der Waals surface area contributed by atoms with Crippen LogP contribution in [0.5, 0.6) is 0 Å². The third-order valence-corrected chi connectivity index (χ3v) is 4.03. The van der Waals surface area contributed by atoms with Crippen LogP contribution < -0.4 is 0 Å². The Labute approximate surface area is 125 Å². The molecule has 1 unspecified atom stereocenters. The lowest BCUT2D eigenvalue weighted by Crippen LogP contribution is -2.50. The molecular weight excluding hydrogens is 268 g/mol. The first-order chi connectivity index (χ1) is 10.0. The Morgan fingerprint density at radius 3 is 2.38 bits per heavy atom. The van der Waals surface area contributed by atoms with Gasteiger partial charge >= 0.3 is 0 Å². The molecule has 0 aromatic heterocycles. The SMILES string of the molecule is CC(O)(CC(=O)N1CCN(CCO)CC1)c1ccccc1. The zero-order valence-corrected chi connectivity index (χ0v) is 12.5. The molecule has 1 aliphatic rings. The van der Waals surface area contributed by atoms with E-state index >= 15 is 0 Å². The molecule has 5 nitrogen and oxygen atoms in total. The molecule has 1 aromatic carbocycles. The number of piperazine rings is 1. The van der Waals surface area contributed by atoms with Crippen molar-refractivity contribution in [3.05, 3.63) is 35.9 Å². The molecule has 1 fully saturated rings. The fourth-order valence-corrected chi connectivity index (χ4v) is 2.67. The van der Waals surface area contributed by atoms with Crippen molar-refractivity contribution in [3.8, 4) is 0 Å². The van der Waals surface area contributed by atoms with Crippen LogP contribution in [-0.4, -0.2) is 65.3 Å². The van der Waals surface area contributed by atoms with Crippen LogP contribution in [0.2, 0.25) is 0 Å². The van der Waals surface area contributed by atoms with Crippen LogP contribution in [0.15, 0.2) is 30.3 Å². The summed E-state index contributed by atoms with van der Waals surface area (Å²) in [4.78, 5) is 16.3. The molecule has 0 radical (unpaired) electrons. The van der Waals surface area contributed by atoms with Crippen LogP contribution in [0.4, 0.5) is 0 Å². The molecule has 1 atom stereocenters. The Kier molecular flexibility index (Phi) is 5.33. The van der Waals surface area contributed by atoms with E-state index in [0.29, 0.717) is 19.6 Å². The molecule has 0 aliphatic carbocycles. The topological polar surface area (TPSA) is 64.0 Å². The van der Waals surface area contributed by atoms with Gasteiger partial charge in [0.25, 0.3) is 0 Å². The number of carbonyl (C=O) groups excluding carboxylic acids is 1. The minimum Gasteiger partial charge on any atom is -0.395 e. The van der Waals surface area contributed by atoms with Gasteiger partial charge in [-0.15, -0.1) is 0 Å². The third kappa shape index (κ3) is 4.27. The van der Waals surface area contributed by atoms with Gasteiger partial charge in [0.2, 0.25) is 5.91 Å². The first-order valence-electron chi connectivity index (χ1n) is 7.42. The predicted molar refractivity (Wildman–Crippen MR) is 80.7 cm³/mol. The van der Waals surface area contributed by atoms with E-state index in [4.69, 9.17) is 5.11 Å². The minimum absolute atomic E-state index is 0.0208. The second kappa shape index (κ2) is 7.02. The quantitative estimate of drug-likeness (QED) is 0.825. The molecule has 0 saturated carbocycles. The summed E-state index contributed by atoms with van der Waals surface area (Å²) in [6, 6.07) is 9.30.